The predicted octanol–water partition coefficient (Wildman–Crippen LogP) is 2.62. The van der Waals surface area contributed by atoms with Gasteiger partial charge in [0.25, 0.3) is 5.91 Å². The number of carbonyl (C=O) groups excluding carboxylic acids is 1. The van der Waals surface area contributed by atoms with Crippen LogP contribution in [0.25, 0.3) is 0 Å². The molecule has 37 heavy (non-hydrogen) atoms. The number of hydrogen-bond acceptors (Lipinski definition) is 9. The van der Waals surface area contributed by atoms with Crippen LogP contribution in [0.3, 0.4) is 0 Å². The van der Waals surface area contributed by atoms with Gasteiger partial charge < -0.3 is 31.6 Å². The third-order valence-electron chi connectivity index (χ3n) is 5.51. The average molecular weight is 512 g/mol. The van der Waals surface area contributed by atoms with E-state index in [1.54, 1.807) is 19.2 Å². The van der Waals surface area contributed by atoms with Crippen LogP contribution in [0.1, 0.15) is 11.1 Å². The first-order valence-electron chi connectivity index (χ1n) is 11.3. The second kappa shape index (κ2) is 10.7. The monoisotopic (exact) mass is 511 g/mol. The molecule has 1 aromatic heterocycles. The van der Waals surface area contributed by atoms with E-state index in [-0.39, 0.29) is 29.8 Å². The van der Waals surface area contributed by atoms with Gasteiger partial charge in [-0.1, -0.05) is 30.3 Å². The van der Waals surface area contributed by atoms with Crippen molar-refractivity contribution in [2.75, 3.05) is 16.9 Å². The lowest BCUT2D eigenvalue weighted by Crippen LogP contribution is -2.44. The Balaban J connectivity index is 1.43. The number of pyridine rings is 1. The molecule has 2 aromatic carbocycles. The molecule has 0 saturated carbocycles. The Labute approximate surface area is 212 Å². The number of carbonyl (C=O) groups is 1. The average Bonchev–Trinajstić information content (AvgIpc) is 3.18. The number of rotatable bonds is 9. The summed E-state index contributed by atoms with van der Waals surface area (Å²) in [4.78, 5) is 16.9. The number of fused-ring (bicyclic) bond motifs is 1. The van der Waals surface area contributed by atoms with Crippen molar-refractivity contribution < 1.29 is 23.0 Å². The van der Waals surface area contributed by atoms with Crippen molar-refractivity contribution >= 4 is 23.1 Å². The van der Waals surface area contributed by atoms with Crippen molar-refractivity contribution in [1.82, 2.24) is 10.3 Å². The second-order valence-electron chi connectivity index (χ2n) is 8.40. The molecule has 0 saturated heterocycles. The summed E-state index contributed by atoms with van der Waals surface area (Å²) in [5.74, 6) is 5.87. The molecule has 1 aliphatic heterocycles. The molecule has 1 atom stereocenters. The SMILES string of the molecule is Cc1cnc(Nc2ccc3c(c2)OC(F)(F)O3)cc1N(N)/C=C(\N)C(=O)NC(CN)Cc1ccccc1. The molecule has 1 unspecified atom stereocenters. The highest BCUT2D eigenvalue weighted by Gasteiger charge is 2.43. The molecular weight excluding hydrogens is 484 g/mol. The summed E-state index contributed by atoms with van der Waals surface area (Å²) in [7, 11) is 0. The molecule has 1 amide bonds. The zero-order valence-electron chi connectivity index (χ0n) is 19.9. The second-order valence-corrected chi connectivity index (χ2v) is 8.40. The molecule has 1 aliphatic rings. The normalized spacial score (nSPS) is 14.7. The number of hydrazine groups is 1. The summed E-state index contributed by atoms with van der Waals surface area (Å²) in [5, 5.41) is 7.01. The zero-order valence-corrected chi connectivity index (χ0v) is 19.9. The minimum absolute atomic E-state index is 0.0687. The number of ether oxygens (including phenoxy) is 2. The fourth-order valence-corrected chi connectivity index (χ4v) is 3.67. The maximum atomic E-state index is 13.3. The van der Waals surface area contributed by atoms with Crippen LogP contribution in [0.4, 0.5) is 26.0 Å². The lowest BCUT2D eigenvalue weighted by molar-refractivity contribution is -0.286. The first kappa shape index (κ1) is 25.7. The van der Waals surface area contributed by atoms with Crippen molar-refractivity contribution in [3.63, 3.8) is 0 Å². The number of nitrogens with two attached hydrogens (primary N) is 3. The van der Waals surface area contributed by atoms with E-state index in [9.17, 15) is 13.6 Å². The van der Waals surface area contributed by atoms with E-state index in [0.29, 0.717) is 29.2 Å². The van der Waals surface area contributed by atoms with Crippen molar-refractivity contribution in [1.29, 1.82) is 0 Å². The number of hydrogen-bond donors (Lipinski definition) is 5. The van der Waals surface area contributed by atoms with Crippen molar-refractivity contribution in [2.24, 2.45) is 17.3 Å². The predicted molar refractivity (Wildman–Crippen MR) is 135 cm³/mol. The number of benzene rings is 2. The topological polar surface area (TPSA) is 154 Å². The molecule has 194 valence electrons. The van der Waals surface area contributed by atoms with Gasteiger partial charge in [-0.3, -0.25) is 9.80 Å². The van der Waals surface area contributed by atoms with Crippen molar-refractivity contribution in [3.05, 3.63) is 83.8 Å². The van der Waals surface area contributed by atoms with Gasteiger partial charge in [-0.2, -0.15) is 0 Å². The number of nitrogens with one attached hydrogen (secondary N) is 2. The summed E-state index contributed by atoms with van der Waals surface area (Å²) in [6.07, 6.45) is -0.299. The van der Waals surface area contributed by atoms with E-state index in [2.05, 4.69) is 25.1 Å². The minimum Gasteiger partial charge on any atom is -0.395 e. The molecular formula is C25H27F2N7O3. The van der Waals surface area contributed by atoms with Gasteiger partial charge in [0.05, 0.1) is 5.69 Å². The molecule has 12 heteroatoms. The lowest BCUT2D eigenvalue weighted by atomic mass is 10.1. The third kappa shape index (κ3) is 6.42. The van der Waals surface area contributed by atoms with Crippen LogP contribution in [-0.2, 0) is 11.2 Å². The summed E-state index contributed by atoms with van der Waals surface area (Å²) in [6.45, 7) is 2.01. The molecule has 2 heterocycles. The highest BCUT2D eigenvalue weighted by atomic mass is 19.3. The number of anilines is 3. The van der Waals surface area contributed by atoms with Crippen LogP contribution in [0.5, 0.6) is 11.5 Å². The van der Waals surface area contributed by atoms with E-state index in [1.165, 1.54) is 29.4 Å². The number of alkyl halides is 2. The largest absolute Gasteiger partial charge is 0.586 e. The maximum Gasteiger partial charge on any atom is 0.586 e. The number of amides is 1. The first-order chi connectivity index (χ1) is 17.6. The molecule has 0 bridgehead atoms. The summed E-state index contributed by atoms with van der Waals surface area (Å²) < 4.78 is 35.4. The Morgan fingerprint density at radius 1 is 1.16 bits per heavy atom. The fraction of sp³-hybridized carbons (Fsp3) is 0.200. The van der Waals surface area contributed by atoms with Crippen LogP contribution >= 0.6 is 0 Å². The molecule has 0 aliphatic carbocycles. The van der Waals surface area contributed by atoms with Crippen LogP contribution < -0.4 is 42.4 Å². The quantitative estimate of drug-likeness (QED) is 0.166. The van der Waals surface area contributed by atoms with Gasteiger partial charge in [0, 0.05) is 42.8 Å². The molecule has 0 spiro atoms. The van der Waals surface area contributed by atoms with Crippen LogP contribution in [-0.4, -0.2) is 29.8 Å². The number of nitrogens with zero attached hydrogens (tertiary/aromatic N) is 2. The number of halogens is 2. The molecule has 3 aromatic rings. The van der Waals surface area contributed by atoms with Gasteiger partial charge in [-0.25, -0.2) is 10.8 Å². The van der Waals surface area contributed by atoms with Crippen LogP contribution in [0.2, 0.25) is 0 Å². The molecule has 8 N–H and O–H groups in total. The van der Waals surface area contributed by atoms with Gasteiger partial charge in [0.1, 0.15) is 11.5 Å². The smallest absolute Gasteiger partial charge is 0.395 e. The Morgan fingerprint density at radius 3 is 2.62 bits per heavy atom. The van der Waals surface area contributed by atoms with Gasteiger partial charge in [-0.15, -0.1) is 8.78 Å². The standard InChI is InChI=1S/C25H27F2N7O3/c1-15-13-31-23(32-17-7-8-21-22(10-17)37-25(26,27)36-21)11-20(15)34(30)14-19(29)24(35)33-18(12-28)9-16-5-3-2-4-6-16/h2-8,10-11,13-14,18H,9,12,28-30H2,1H3,(H,31,32)(H,33,35)/b19-14-. The Morgan fingerprint density at radius 2 is 1.89 bits per heavy atom. The van der Waals surface area contributed by atoms with Gasteiger partial charge in [-0.05, 0) is 36.6 Å². The molecule has 10 nitrogen and oxygen atoms in total. The van der Waals surface area contributed by atoms with Gasteiger partial charge >= 0.3 is 6.29 Å². The summed E-state index contributed by atoms with van der Waals surface area (Å²) in [5.41, 5.74) is 14.4. The Bertz CT molecular complexity index is 1300. The van der Waals surface area contributed by atoms with Gasteiger partial charge in [0.15, 0.2) is 11.5 Å². The van der Waals surface area contributed by atoms with Crippen molar-refractivity contribution in [3.8, 4) is 11.5 Å². The minimum atomic E-state index is -3.71. The number of aryl methyl sites for hydroxylation is 1. The molecule has 0 radical (unpaired) electrons. The Kier molecular flexibility index (Phi) is 7.41. The lowest BCUT2D eigenvalue weighted by Gasteiger charge is -2.20. The van der Waals surface area contributed by atoms with E-state index in [4.69, 9.17) is 17.3 Å². The molecule has 0 fully saturated rings. The fourth-order valence-electron chi connectivity index (χ4n) is 3.67. The van der Waals surface area contributed by atoms with E-state index < -0.39 is 12.2 Å². The van der Waals surface area contributed by atoms with Crippen molar-refractivity contribution in [2.45, 2.75) is 25.7 Å². The highest BCUT2D eigenvalue weighted by molar-refractivity contribution is 5.93. The maximum absolute atomic E-state index is 13.3. The third-order valence-corrected chi connectivity index (χ3v) is 5.51. The van der Waals surface area contributed by atoms with Gasteiger partial charge in [0.2, 0.25) is 0 Å². The van der Waals surface area contributed by atoms with E-state index in [1.807, 2.05) is 30.3 Å². The highest BCUT2D eigenvalue weighted by Crippen LogP contribution is 2.42. The number of aromatic nitrogens is 1. The zero-order chi connectivity index (χ0) is 26.6. The van der Waals surface area contributed by atoms with Crippen LogP contribution in [0.15, 0.2) is 72.7 Å². The first-order valence-corrected chi connectivity index (χ1v) is 11.3. The molecule has 4 rings (SSSR count). The van der Waals surface area contributed by atoms with E-state index >= 15 is 0 Å². The van der Waals surface area contributed by atoms with E-state index in [0.717, 1.165) is 5.56 Å². The Hall–Kier alpha value is -4.42. The summed E-state index contributed by atoms with van der Waals surface area (Å²) in [6, 6.07) is 15.2. The summed E-state index contributed by atoms with van der Waals surface area (Å²) >= 11 is 0. The van der Waals surface area contributed by atoms with Crippen LogP contribution in [0, 0.1) is 6.92 Å².